The van der Waals surface area contributed by atoms with Crippen molar-refractivity contribution in [2.75, 3.05) is 17.4 Å². The van der Waals surface area contributed by atoms with Crippen molar-refractivity contribution in [2.45, 2.75) is 6.92 Å². The van der Waals surface area contributed by atoms with Crippen molar-refractivity contribution >= 4 is 34.0 Å². The summed E-state index contributed by atoms with van der Waals surface area (Å²) in [7, 11) is 0. The van der Waals surface area contributed by atoms with Crippen LogP contribution in [-0.4, -0.2) is 38.6 Å². The smallest absolute Gasteiger partial charge is 0.278 e. The van der Waals surface area contributed by atoms with Crippen LogP contribution in [0.3, 0.4) is 0 Å². The molecule has 0 atom stereocenters. The molecular weight excluding hydrogens is 472 g/mol. The number of ether oxygens (including phenoxy) is 2. The minimum absolute atomic E-state index is 0.142. The predicted octanol–water partition coefficient (Wildman–Crippen LogP) is 4.36. The average molecular weight is 492 g/mol. The summed E-state index contributed by atoms with van der Waals surface area (Å²) in [4.78, 5) is 30.4. The molecule has 2 aromatic heterocycles. The van der Waals surface area contributed by atoms with Crippen LogP contribution in [0.1, 0.15) is 26.5 Å². The molecule has 3 aromatic carbocycles. The third-order valence-corrected chi connectivity index (χ3v) is 6.05. The molecule has 1 aliphatic rings. The normalized spacial score (nSPS) is 11.9. The van der Waals surface area contributed by atoms with E-state index < -0.39 is 5.91 Å². The summed E-state index contributed by atoms with van der Waals surface area (Å²) < 4.78 is 12.3. The van der Waals surface area contributed by atoms with Gasteiger partial charge in [0.05, 0.1) is 22.6 Å². The number of carbonyl (C=O) groups excluding carboxylic acids is 2. The number of benzene rings is 3. The van der Waals surface area contributed by atoms with Gasteiger partial charge >= 0.3 is 0 Å². The Hall–Kier alpha value is -5.25. The van der Waals surface area contributed by atoms with Crippen LogP contribution >= 0.6 is 0 Å². The number of aromatic nitrogens is 4. The maximum Gasteiger partial charge on any atom is 0.278 e. The molecule has 2 N–H and O–H groups in total. The van der Waals surface area contributed by atoms with Crippen LogP contribution in [0.4, 0.5) is 11.4 Å². The zero-order chi connectivity index (χ0) is 25.4. The number of para-hydroxylation sites is 1. The minimum atomic E-state index is -0.478. The van der Waals surface area contributed by atoms with E-state index in [1.165, 1.54) is 0 Å². The highest BCUT2D eigenvalue weighted by atomic mass is 16.7. The van der Waals surface area contributed by atoms with E-state index in [0.717, 1.165) is 16.5 Å². The lowest BCUT2D eigenvalue weighted by Crippen LogP contribution is -2.19. The van der Waals surface area contributed by atoms with Gasteiger partial charge in [-0.15, -0.1) is 5.10 Å². The molecule has 37 heavy (non-hydrogen) atoms. The molecule has 1 aliphatic heterocycles. The number of fused-ring (bicyclic) bond motifs is 2. The summed E-state index contributed by atoms with van der Waals surface area (Å²) in [5.41, 5.74) is 2.67. The first-order valence-corrected chi connectivity index (χ1v) is 11.5. The molecule has 2 amide bonds. The van der Waals surface area contributed by atoms with Crippen LogP contribution in [0.2, 0.25) is 0 Å². The number of nitrogens with zero attached hydrogens (tertiary/aromatic N) is 4. The van der Waals surface area contributed by atoms with E-state index >= 15 is 0 Å². The molecule has 3 heterocycles. The van der Waals surface area contributed by atoms with Gasteiger partial charge in [0.1, 0.15) is 0 Å². The quantitative estimate of drug-likeness (QED) is 0.374. The van der Waals surface area contributed by atoms with E-state index in [4.69, 9.17) is 9.47 Å². The molecule has 0 spiro atoms. The second-order valence-electron chi connectivity index (χ2n) is 8.33. The largest absolute Gasteiger partial charge is 0.454 e. The summed E-state index contributed by atoms with van der Waals surface area (Å²) in [5, 5.41) is 15.9. The van der Waals surface area contributed by atoms with Crippen molar-refractivity contribution in [3.63, 3.8) is 0 Å². The van der Waals surface area contributed by atoms with Crippen LogP contribution in [0.15, 0.2) is 79.1 Å². The molecule has 10 nitrogen and oxygen atoms in total. The third-order valence-electron chi connectivity index (χ3n) is 6.05. The van der Waals surface area contributed by atoms with E-state index in [2.05, 4.69) is 25.9 Å². The lowest BCUT2D eigenvalue weighted by molar-refractivity contribution is 0.102. The Morgan fingerprint density at radius 2 is 1.78 bits per heavy atom. The van der Waals surface area contributed by atoms with Crippen molar-refractivity contribution in [2.24, 2.45) is 0 Å². The third kappa shape index (κ3) is 4.10. The molecule has 0 saturated carbocycles. The number of nitrogens with one attached hydrogen (secondary N) is 2. The molecule has 0 bridgehead atoms. The molecule has 0 unspecified atom stereocenters. The Bertz CT molecular complexity index is 1670. The minimum Gasteiger partial charge on any atom is -0.454 e. The van der Waals surface area contributed by atoms with Gasteiger partial charge in [-0.25, -0.2) is 4.68 Å². The van der Waals surface area contributed by atoms with Crippen molar-refractivity contribution in [1.82, 2.24) is 20.0 Å². The van der Waals surface area contributed by atoms with Gasteiger partial charge in [0, 0.05) is 34.9 Å². The SMILES string of the molecule is Cc1c(C(=O)Nc2ccccc2C(=O)Nc2ccc3c(c2)OCO3)nnn1-c1cccc2cnccc12. The van der Waals surface area contributed by atoms with Gasteiger partial charge in [0.15, 0.2) is 17.2 Å². The van der Waals surface area contributed by atoms with Crippen molar-refractivity contribution < 1.29 is 19.1 Å². The fourth-order valence-electron chi connectivity index (χ4n) is 4.20. The topological polar surface area (TPSA) is 120 Å². The molecular formula is C27H20N6O4. The first-order valence-electron chi connectivity index (χ1n) is 11.5. The van der Waals surface area contributed by atoms with E-state index in [-0.39, 0.29) is 18.4 Å². The number of carbonyl (C=O) groups is 2. The number of rotatable bonds is 5. The predicted molar refractivity (Wildman–Crippen MR) is 136 cm³/mol. The van der Waals surface area contributed by atoms with Crippen molar-refractivity contribution in [1.29, 1.82) is 0 Å². The first-order chi connectivity index (χ1) is 18.1. The summed E-state index contributed by atoms with van der Waals surface area (Å²) in [5.74, 6) is 0.308. The molecule has 182 valence electrons. The highest BCUT2D eigenvalue weighted by molar-refractivity contribution is 6.12. The lowest BCUT2D eigenvalue weighted by Gasteiger charge is -2.12. The zero-order valence-corrected chi connectivity index (χ0v) is 19.6. The Morgan fingerprint density at radius 3 is 2.70 bits per heavy atom. The van der Waals surface area contributed by atoms with E-state index in [0.29, 0.717) is 34.1 Å². The van der Waals surface area contributed by atoms with Gasteiger partial charge in [-0.05, 0) is 43.3 Å². The molecule has 0 saturated heterocycles. The fraction of sp³-hybridized carbons (Fsp3) is 0.0741. The summed E-state index contributed by atoms with van der Waals surface area (Å²) >= 11 is 0. The molecule has 5 aromatic rings. The number of hydrogen-bond acceptors (Lipinski definition) is 7. The summed E-state index contributed by atoms with van der Waals surface area (Å²) in [6.07, 6.45) is 3.47. The average Bonchev–Trinajstić information content (AvgIpc) is 3.54. The zero-order valence-electron chi connectivity index (χ0n) is 19.6. The monoisotopic (exact) mass is 492 g/mol. The van der Waals surface area contributed by atoms with Crippen molar-refractivity contribution in [3.8, 4) is 17.2 Å². The molecule has 6 rings (SSSR count). The van der Waals surface area contributed by atoms with Gasteiger partial charge < -0.3 is 20.1 Å². The van der Waals surface area contributed by atoms with E-state index in [1.54, 1.807) is 66.5 Å². The highest BCUT2D eigenvalue weighted by Gasteiger charge is 2.21. The number of hydrogen-bond donors (Lipinski definition) is 2. The van der Waals surface area contributed by atoms with Gasteiger partial charge in [0.25, 0.3) is 11.8 Å². The maximum absolute atomic E-state index is 13.2. The number of amides is 2. The first kappa shape index (κ1) is 22.2. The van der Waals surface area contributed by atoms with Gasteiger partial charge in [-0.1, -0.05) is 29.5 Å². The van der Waals surface area contributed by atoms with Crippen LogP contribution in [0, 0.1) is 6.92 Å². The Kier molecular flexibility index (Phi) is 5.45. The molecule has 0 aliphatic carbocycles. The van der Waals surface area contributed by atoms with E-state index in [1.807, 2.05) is 24.3 Å². The lowest BCUT2D eigenvalue weighted by atomic mass is 10.1. The Morgan fingerprint density at radius 1 is 0.919 bits per heavy atom. The van der Waals surface area contributed by atoms with Crippen LogP contribution in [-0.2, 0) is 0 Å². The van der Waals surface area contributed by atoms with Crippen molar-refractivity contribution in [3.05, 3.63) is 96.1 Å². The number of pyridine rings is 1. The van der Waals surface area contributed by atoms with Crippen LogP contribution in [0.25, 0.3) is 16.5 Å². The maximum atomic E-state index is 13.2. The van der Waals surface area contributed by atoms with E-state index in [9.17, 15) is 9.59 Å². The molecule has 0 fully saturated rings. The number of anilines is 2. The second kappa shape index (κ2) is 9.08. The van der Waals surface area contributed by atoms with Gasteiger partial charge in [-0.2, -0.15) is 0 Å². The fourth-order valence-corrected chi connectivity index (χ4v) is 4.20. The Labute approximate surface area is 210 Å². The Balaban J connectivity index is 1.25. The van der Waals surface area contributed by atoms with Crippen LogP contribution < -0.4 is 20.1 Å². The second-order valence-corrected chi connectivity index (χ2v) is 8.33. The summed E-state index contributed by atoms with van der Waals surface area (Å²) in [6, 6.07) is 19.5. The molecule has 10 heteroatoms. The highest BCUT2D eigenvalue weighted by Crippen LogP contribution is 2.34. The molecule has 0 radical (unpaired) electrons. The standard InChI is InChI=1S/C27H20N6O4/c1-16-25(31-32-33(16)22-8-4-5-17-14-28-12-11-19(17)22)27(35)30-21-7-3-2-6-20(21)26(34)29-18-9-10-23-24(13-18)37-15-36-23/h2-14H,15H2,1H3,(H,29,34)(H,30,35). The van der Waals surface area contributed by atoms with Crippen LogP contribution in [0.5, 0.6) is 11.5 Å². The van der Waals surface area contributed by atoms with Gasteiger partial charge in [-0.3, -0.25) is 14.6 Å². The van der Waals surface area contributed by atoms with Gasteiger partial charge in [0.2, 0.25) is 6.79 Å². The summed E-state index contributed by atoms with van der Waals surface area (Å²) in [6.45, 7) is 1.91.